The minimum atomic E-state index is -1.16. The number of amides is 1. The molecule has 2 aromatic carbocycles. The fourth-order valence-electron chi connectivity index (χ4n) is 4.48. The first kappa shape index (κ1) is 22.2. The van der Waals surface area contributed by atoms with E-state index in [9.17, 15) is 14.4 Å². The third-order valence-electron chi connectivity index (χ3n) is 6.10. The Balaban J connectivity index is 1.46. The Labute approximate surface area is 201 Å². The minimum absolute atomic E-state index is 0.301. The van der Waals surface area contributed by atoms with Crippen LogP contribution in [0.4, 0.5) is 0 Å². The van der Waals surface area contributed by atoms with Gasteiger partial charge in [0.25, 0.3) is 5.91 Å². The van der Waals surface area contributed by atoms with E-state index < -0.39 is 29.4 Å². The van der Waals surface area contributed by atoms with Crippen molar-refractivity contribution >= 4 is 29.1 Å². The Morgan fingerprint density at radius 3 is 2.53 bits per heavy atom. The first-order valence-corrected chi connectivity index (χ1v) is 11.4. The standard InChI is InChI=1S/C25H22ClN3O5/c26-18-5-2-16(3-6-18)22-21(23(30)17-4-7-19-20(14-17)34-13-12-33-19)24(31)25(32)29(22)10-1-9-28-11-8-27-15-28/h2-8,11,14-15,21-22H,1,9-10,12-13H2. The lowest BCUT2D eigenvalue weighted by Gasteiger charge is -2.27. The van der Waals surface area contributed by atoms with Crippen LogP contribution in [0.1, 0.15) is 28.4 Å². The van der Waals surface area contributed by atoms with Gasteiger partial charge in [0, 0.05) is 36.1 Å². The van der Waals surface area contributed by atoms with Gasteiger partial charge in [-0.2, -0.15) is 0 Å². The van der Waals surface area contributed by atoms with Crippen molar-refractivity contribution in [2.45, 2.75) is 19.0 Å². The molecule has 1 aromatic heterocycles. The van der Waals surface area contributed by atoms with E-state index >= 15 is 0 Å². The second kappa shape index (κ2) is 9.30. The van der Waals surface area contributed by atoms with Crippen molar-refractivity contribution in [1.82, 2.24) is 14.5 Å². The van der Waals surface area contributed by atoms with Crippen LogP contribution in [-0.4, -0.2) is 51.7 Å². The number of imidazole rings is 1. The molecule has 0 radical (unpaired) electrons. The zero-order chi connectivity index (χ0) is 23.7. The summed E-state index contributed by atoms with van der Waals surface area (Å²) in [5, 5.41) is 0.528. The maximum absolute atomic E-state index is 13.6. The third-order valence-corrected chi connectivity index (χ3v) is 6.35. The molecule has 0 aliphatic carbocycles. The fourth-order valence-corrected chi connectivity index (χ4v) is 4.60. The number of aryl methyl sites for hydroxylation is 1. The van der Waals surface area contributed by atoms with Crippen LogP contribution in [-0.2, 0) is 16.1 Å². The summed E-state index contributed by atoms with van der Waals surface area (Å²) in [5.41, 5.74) is 0.983. The van der Waals surface area contributed by atoms with Gasteiger partial charge in [0.2, 0.25) is 5.78 Å². The second-order valence-corrected chi connectivity index (χ2v) is 8.65. The van der Waals surface area contributed by atoms with Gasteiger partial charge in [-0.1, -0.05) is 23.7 Å². The van der Waals surface area contributed by atoms with Gasteiger partial charge in [0.05, 0.1) is 12.4 Å². The molecular formula is C25H22ClN3O5. The highest BCUT2D eigenvalue weighted by molar-refractivity contribution is 6.44. The molecule has 2 aliphatic rings. The summed E-state index contributed by atoms with van der Waals surface area (Å²) in [6.07, 6.45) is 5.82. The molecule has 34 heavy (non-hydrogen) atoms. The van der Waals surface area contributed by atoms with Crippen LogP contribution >= 0.6 is 11.6 Å². The van der Waals surface area contributed by atoms with E-state index in [1.807, 2.05) is 10.8 Å². The highest BCUT2D eigenvalue weighted by Gasteiger charge is 2.51. The molecule has 1 amide bonds. The predicted octanol–water partition coefficient (Wildman–Crippen LogP) is 3.35. The number of benzene rings is 2. The van der Waals surface area contributed by atoms with Gasteiger partial charge in [-0.3, -0.25) is 14.4 Å². The molecular weight excluding hydrogens is 458 g/mol. The average Bonchev–Trinajstić information content (AvgIpc) is 3.46. The van der Waals surface area contributed by atoms with E-state index in [4.69, 9.17) is 21.1 Å². The summed E-state index contributed by atoms with van der Waals surface area (Å²) in [7, 11) is 0. The Bertz CT molecular complexity index is 1230. The molecule has 1 saturated heterocycles. The van der Waals surface area contributed by atoms with Crippen LogP contribution in [0.25, 0.3) is 0 Å². The number of fused-ring (bicyclic) bond motifs is 1. The number of carbonyl (C=O) groups excluding carboxylic acids is 3. The van der Waals surface area contributed by atoms with Gasteiger partial charge < -0.3 is 18.9 Å². The number of hydrogen-bond acceptors (Lipinski definition) is 6. The second-order valence-electron chi connectivity index (χ2n) is 8.21. The molecule has 0 bridgehead atoms. The zero-order valence-corrected chi connectivity index (χ0v) is 19.0. The number of rotatable bonds is 7. The van der Waals surface area contributed by atoms with Crippen LogP contribution < -0.4 is 9.47 Å². The number of hydrogen-bond donors (Lipinski definition) is 0. The molecule has 174 valence electrons. The summed E-state index contributed by atoms with van der Waals surface area (Å²) in [6, 6.07) is 11.0. The van der Waals surface area contributed by atoms with E-state index in [1.54, 1.807) is 55.0 Å². The van der Waals surface area contributed by atoms with E-state index in [0.29, 0.717) is 60.4 Å². The summed E-state index contributed by atoms with van der Waals surface area (Å²) >= 11 is 6.07. The van der Waals surface area contributed by atoms with Gasteiger partial charge in [0.1, 0.15) is 19.1 Å². The molecule has 9 heteroatoms. The van der Waals surface area contributed by atoms with E-state index in [0.717, 1.165) is 0 Å². The van der Waals surface area contributed by atoms with Gasteiger partial charge in [0.15, 0.2) is 17.3 Å². The van der Waals surface area contributed by atoms with E-state index in [1.165, 1.54) is 4.90 Å². The molecule has 2 aliphatic heterocycles. The molecule has 5 rings (SSSR count). The van der Waals surface area contributed by atoms with E-state index in [-0.39, 0.29) is 0 Å². The molecule has 0 saturated carbocycles. The van der Waals surface area contributed by atoms with Crippen LogP contribution in [0.2, 0.25) is 5.02 Å². The first-order chi connectivity index (χ1) is 16.5. The molecule has 3 heterocycles. The molecule has 0 spiro atoms. The molecule has 1 fully saturated rings. The Morgan fingerprint density at radius 2 is 1.79 bits per heavy atom. The number of nitrogens with zero attached hydrogens (tertiary/aromatic N) is 3. The predicted molar refractivity (Wildman–Crippen MR) is 123 cm³/mol. The summed E-state index contributed by atoms with van der Waals surface area (Å²) < 4.78 is 13.0. The SMILES string of the molecule is O=C1C(=O)N(CCCn2ccnc2)C(c2ccc(Cl)cc2)C1C(=O)c1ccc2c(c1)OCCO2. The number of carbonyl (C=O) groups is 3. The Kier molecular flexibility index (Phi) is 6.06. The number of ketones is 2. The van der Waals surface area contributed by atoms with Crippen molar-refractivity contribution < 1.29 is 23.9 Å². The topological polar surface area (TPSA) is 90.7 Å². The lowest BCUT2D eigenvalue weighted by molar-refractivity contribution is -0.140. The lowest BCUT2D eigenvalue weighted by Crippen LogP contribution is -2.32. The van der Waals surface area contributed by atoms with E-state index in [2.05, 4.69) is 4.98 Å². The van der Waals surface area contributed by atoms with Crippen molar-refractivity contribution in [3.05, 3.63) is 77.3 Å². The number of likely N-dealkylation sites (tertiary alicyclic amines) is 1. The van der Waals surface area contributed by atoms with Crippen molar-refractivity contribution in [3.8, 4) is 11.5 Å². The quantitative estimate of drug-likeness (QED) is 0.293. The first-order valence-electron chi connectivity index (χ1n) is 11.0. The van der Waals surface area contributed by atoms with Gasteiger partial charge in [-0.25, -0.2) is 4.98 Å². The average molecular weight is 480 g/mol. The van der Waals surface area contributed by atoms with Crippen molar-refractivity contribution in [2.24, 2.45) is 5.92 Å². The van der Waals surface area contributed by atoms with Crippen LogP contribution in [0.3, 0.4) is 0 Å². The van der Waals surface area contributed by atoms with Crippen molar-refractivity contribution in [3.63, 3.8) is 0 Å². The maximum atomic E-state index is 13.6. The number of aromatic nitrogens is 2. The largest absolute Gasteiger partial charge is 0.486 e. The lowest BCUT2D eigenvalue weighted by atomic mass is 9.86. The fraction of sp³-hybridized carbons (Fsp3) is 0.280. The van der Waals surface area contributed by atoms with Crippen molar-refractivity contribution in [2.75, 3.05) is 19.8 Å². The normalized spacial score (nSPS) is 19.5. The summed E-state index contributed by atoms with van der Waals surface area (Å²) in [4.78, 5) is 45.3. The molecule has 2 atom stereocenters. The third kappa shape index (κ3) is 4.17. The van der Waals surface area contributed by atoms with Crippen LogP contribution in [0, 0.1) is 5.92 Å². The van der Waals surface area contributed by atoms with Crippen LogP contribution in [0.5, 0.6) is 11.5 Å². The van der Waals surface area contributed by atoms with Gasteiger partial charge >= 0.3 is 0 Å². The monoisotopic (exact) mass is 479 g/mol. The van der Waals surface area contributed by atoms with Crippen molar-refractivity contribution in [1.29, 1.82) is 0 Å². The highest BCUT2D eigenvalue weighted by Crippen LogP contribution is 2.40. The number of ether oxygens (including phenoxy) is 2. The Hall–Kier alpha value is -3.65. The maximum Gasteiger partial charge on any atom is 0.291 e. The Morgan fingerprint density at radius 1 is 1.03 bits per heavy atom. The van der Waals surface area contributed by atoms with Crippen LogP contribution in [0.15, 0.2) is 61.2 Å². The summed E-state index contributed by atoms with van der Waals surface area (Å²) in [6.45, 7) is 1.76. The molecule has 8 nitrogen and oxygen atoms in total. The molecule has 0 N–H and O–H groups in total. The minimum Gasteiger partial charge on any atom is -0.486 e. The highest BCUT2D eigenvalue weighted by atomic mass is 35.5. The van der Waals surface area contributed by atoms with Gasteiger partial charge in [-0.15, -0.1) is 0 Å². The summed E-state index contributed by atoms with van der Waals surface area (Å²) in [5.74, 6) is -1.94. The number of Topliss-reactive ketones (excluding diaryl/α,β-unsaturated/α-hetero) is 2. The zero-order valence-electron chi connectivity index (χ0n) is 18.2. The molecule has 2 unspecified atom stereocenters. The number of halogens is 1. The molecule has 3 aromatic rings. The van der Waals surface area contributed by atoms with Gasteiger partial charge in [-0.05, 0) is 42.3 Å². The smallest absolute Gasteiger partial charge is 0.291 e.